The molecule has 1 aliphatic carbocycles. The topological polar surface area (TPSA) is 109 Å². The Morgan fingerprint density at radius 1 is 1.17 bits per heavy atom. The number of ether oxygens (including phenoxy) is 1. The number of nitriles is 1. The molecule has 1 aliphatic rings. The van der Waals surface area contributed by atoms with Gasteiger partial charge in [0.05, 0.1) is 0 Å². The van der Waals surface area contributed by atoms with E-state index in [1.54, 1.807) is 0 Å². The minimum absolute atomic E-state index is 0.169. The summed E-state index contributed by atoms with van der Waals surface area (Å²) >= 11 is 0. The number of pyridine rings is 1. The van der Waals surface area contributed by atoms with Crippen molar-refractivity contribution in [3.05, 3.63) is 70.5 Å². The van der Waals surface area contributed by atoms with Gasteiger partial charge in [0.25, 0.3) is 5.56 Å². The molecule has 3 N–H and O–H groups in total. The van der Waals surface area contributed by atoms with Crippen molar-refractivity contribution in [1.82, 2.24) is 4.98 Å². The van der Waals surface area contributed by atoms with Crippen LogP contribution in [0.1, 0.15) is 37.2 Å². The first kappa shape index (κ1) is 18.8. The Morgan fingerprint density at radius 2 is 1.97 bits per heavy atom. The average Bonchev–Trinajstić information content (AvgIpc) is 2.73. The molecule has 1 heterocycles. The molecular formula is C23H21N3O3. The van der Waals surface area contributed by atoms with Crippen LogP contribution in [0.2, 0.25) is 0 Å². The zero-order valence-electron chi connectivity index (χ0n) is 15.9. The Hall–Kier alpha value is -3.59. The zero-order chi connectivity index (χ0) is 20.4. The van der Waals surface area contributed by atoms with E-state index in [9.17, 15) is 14.9 Å². The van der Waals surface area contributed by atoms with Crippen molar-refractivity contribution in [2.75, 3.05) is 0 Å². The number of nitrogens with one attached hydrogen (secondary N) is 1. The van der Waals surface area contributed by atoms with Crippen LogP contribution in [-0.2, 0) is 4.74 Å². The molecule has 1 aromatic heterocycles. The summed E-state index contributed by atoms with van der Waals surface area (Å²) in [5, 5.41) is 11.8. The lowest BCUT2D eigenvalue weighted by Crippen LogP contribution is -2.40. The largest absolute Gasteiger partial charge is 0.428 e. The lowest BCUT2D eigenvalue weighted by molar-refractivity contribution is 0.0253. The number of aromatic amines is 1. The van der Waals surface area contributed by atoms with Gasteiger partial charge in [0.2, 0.25) is 0 Å². The van der Waals surface area contributed by atoms with E-state index in [1.807, 2.05) is 54.6 Å². The number of amides is 1. The van der Waals surface area contributed by atoms with Crippen LogP contribution < -0.4 is 11.3 Å². The number of aromatic nitrogens is 1. The van der Waals surface area contributed by atoms with Crippen molar-refractivity contribution in [3.8, 4) is 17.3 Å². The van der Waals surface area contributed by atoms with Gasteiger partial charge in [-0.15, -0.1) is 0 Å². The first-order valence-corrected chi connectivity index (χ1v) is 9.62. The standard InChI is InChI=1S/C23H21N3O3/c24-14-23(29-22(25)28)11-3-6-18(13-23)19-9-10-20(26-21(19)27)17-8-7-15-4-1-2-5-16(15)12-17/h1-2,4-5,7-10,12,18H,3,6,11,13H2,(H2,25,28)(H,26,27)/t18-,23+/m0/s1. The molecule has 1 saturated carbocycles. The second kappa shape index (κ2) is 7.44. The van der Waals surface area contributed by atoms with E-state index in [4.69, 9.17) is 10.5 Å². The van der Waals surface area contributed by atoms with Gasteiger partial charge in [0.15, 0.2) is 5.60 Å². The smallest absolute Gasteiger partial charge is 0.406 e. The number of rotatable bonds is 3. The molecule has 0 saturated heterocycles. The van der Waals surface area contributed by atoms with Crippen LogP contribution in [0.3, 0.4) is 0 Å². The zero-order valence-corrected chi connectivity index (χ0v) is 15.9. The Bertz CT molecular complexity index is 1180. The number of fused-ring (bicyclic) bond motifs is 1. The number of primary amides is 1. The predicted molar refractivity (Wildman–Crippen MR) is 110 cm³/mol. The number of hydrogen-bond donors (Lipinski definition) is 2. The molecule has 1 fully saturated rings. The average molecular weight is 387 g/mol. The third-order valence-electron chi connectivity index (χ3n) is 5.65. The summed E-state index contributed by atoms with van der Waals surface area (Å²) in [5.41, 5.74) is 5.95. The molecule has 29 heavy (non-hydrogen) atoms. The summed E-state index contributed by atoms with van der Waals surface area (Å²) in [6.07, 6.45) is 1.16. The second-order valence-corrected chi connectivity index (χ2v) is 7.54. The van der Waals surface area contributed by atoms with Gasteiger partial charge < -0.3 is 15.5 Å². The highest BCUT2D eigenvalue weighted by Gasteiger charge is 2.41. The molecule has 6 heteroatoms. The number of nitrogens with two attached hydrogens (primary N) is 1. The van der Waals surface area contributed by atoms with Crippen molar-refractivity contribution in [1.29, 1.82) is 5.26 Å². The molecule has 2 atom stereocenters. The molecule has 0 bridgehead atoms. The Kier molecular flexibility index (Phi) is 4.81. The van der Waals surface area contributed by atoms with Crippen LogP contribution in [-0.4, -0.2) is 16.7 Å². The molecule has 1 amide bonds. The van der Waals surface area contributed by atoms with E-state index >= 15 is 0 Å². The Morgan fingerprint density at radius 3 is 2.69 bits per heavy atom. The summed E-state index contributed by atoms with van der Waals surface area (Å²) in [6, 6.07) is 19.9. The molecule has 6 nitrogen and oxygen atoms in total. The summed E-state index contributed by atoms with van der Waals surface area (Å²) in [5.74, 6) is -0.169. The van der Waals surface area contributed by atoms with Gasteiger partial charge in [-0.2, -0.15) is 5.26 Å². The fraction of sp³-hybridized carbons (Fsp3) is 0.261. The first-order valence-electron chi connectivity index (χ1n) is 9.62. The maximum atomic E-state index is 12.8. The number of carbonyl (C=O) groups is 1. The van der Waals surface area contributed by atoms with Gasteiger partial charge >= 0.3 is 6.09 Å². The van der Waals surface area contributed by atoms with Crippen LogP contribution in [0, 0.1) is 11.3 Å². The molecule has 0 aliphatic heterocycles. The van der Waals surface area contributed by atoms with Crippen molar-refractivity contribution < 1.29 is 9.53 Å². The van der Waals surface area contributed by atoms with Crippen molar-refractivity contribution >= 4 is 16.9 Å². The normalized spacial score (nSPS) is 21.4. The maximum absolute atomic E-state index is 12.8. The molecule has 0 unspecified atom stereocenters. The third-order valence-corrected chi connectivity index (χ3v) is 5.65. The third kappa shape index (κ3) is 3.72. The highest BCUT2D eigenvalue weighted by Crippen LogP contribution is 2.39. The van der Waals surface area contributed by atoms with Crippen LogP contribution in [0.5, 0.6) is 0 Å². The summed E-state index contributed by atoms with van der Waals surface area (Å²) in [4.78, 5) is 27.0. The van der Waals surface area contributed by atoms with Crippen molar-refractivity contribution in [2.45, 2.75) is 37.2 Å². The van der Waals surface area contributed by atoms with Gasteiger partial charge in [-0.1, -0.05) is 42.5 Å². The van der Waals surface area contributed by atoms with Gasteiger partial charge in [-0.25, -0.2) is 4.79 Å². The van der Waals surface area contributed by atoms with E-state index in [2.05, 4.69) is 11.1 Å². The monoisotopic (exact) mass is 387 g/mol. The fourth-order valence-corrected chi connectivity index (χ4v) is 4.24. The molecular weight excluding hydrogens is 366 g/mol. The minimum atomic E-state index is -1.27. The van der Waals surface area contributed by atoms with E-state index in [1.165, 1.54) is 0 Å². The lowest BCUT2D eigenvalue weighted by atomic mass is 9.76. The van der Waals surface area contributed by atoms with Crippen molar-refractivity contribution in [3.63, 3.8) is 0 Å². The highest BCUT2D eigenvalue weighted by atomic mass is 16.6. The second-order valence-electron chi connectivity index (χ2n) is 7.54. The molecule has 0 spiro atoms. The Labute approximate surface area is 167 Å². The Balaban J connectivity index is 1.64. The molecule has 4 rings (SSSR count). The van der Waals surface area contributed by atoms with E-state index in [0.29, 0.717) is 18.4 Å². The van der Waals surface area contributed by atoms with E-state index < -0.39 is 11.7 Å². The molecule has 0 radical (unpaired) electrons. The number of hydrogen-bond acceptors (Lipinski definition) is 4. The minimum Gasteiger partial charge on any atom is -0.428 e. The van der Waals surface area contributed by atoms with Gasteiger partial charge in [0, 0.05) is 24.1 Å². The number of H-pyrrole nitrogens is 1. The van der Waals surface area contributed by atoms with Crippen LogP contribution in [0.15, 0.2) is 59.4 Å². The predicted octanol–water partition coefficient (Wildman–Crippen LogP) is 4.21. The van der Waals surface area contributed by atoms with Gasteiger partial charge in [0.1, 0.15) is 6.07 Å². The van der Waals surface area contributed by atoms with Gasteiger partial charge in [-0.3, -0.25) is 4.79 Å². The van der Waals surface area contributed by atoms with Crippen LogP contribution in [0.25, 0.3) is 22.0 Å². The molecule has 3 aromatic rings. The van der Waals surface area contributed by atoms with Crippen molar-refractivity contribution in [2.24, 2.45) is 5.73 Å². The van der Waals surface area contributed by atoms with E-state index in [-0.39, 0.29) is 17.9 Å². The summed E-state index contributed by atoms with van der Waals surface area (Å²) in [7, 11) is 0. The van der Waals surface area contributed by atoms with Gasteiger partial charge in [-0.05, 0) is 47.2 Å². The SMILES string of the molecule is N#C[C@@]1(OC(N)=O)CCC[C@H](c2ccc(-c3ccc4ccccc4c3)[nH]c2=O)C1. The highest BCUT2D eigenvalue weighted by molar-refractivity contribution is 5.86. The molecule has 2 aromatic carbocycles. The maximum Gasteiger partial charge on any atom is 0.406 e. The van der Waals surface area contributed by atoms with Crippen LogP contribution in [0.4, 0.5) is 4.79 Å². The summed E-state index contributed by atoms with van der Waals surface area (Å²) < 4.78 is 5.12. The number of nitrogens with zero attached hydrogens (tertiary/aromatic N) is 1. The summed E-state index contributed by atoms with van der Waals surface area (Å²) in [6.45, 7) is 0. The van der Waals surface area contributed by atoms with E-state index in [0.717, 1.165) is 28.5 Å². The molecule has 146 valence electrons. The lowest BCUT2D eigenvalue weighted by Gasteiger charge is -2.34. The van der Waals surface area contributed by atoms with Crippen LogP contribution >= 0.6 is 0 Å². The quantitative estimate of drug-likeness (QED) is 0.701. The number of benzene rings is 2. The first-order chi connectivity index (χ1) is 14.0. The fourth-order valence-electron chi connectivity index (χ4n) is 4.24. The number of carbonyl (C=O) groups excluding carboxylic acids is 1.